The van der Waals surface area contributed by atoms with E-state index in [1.165, 1.54) is 24.6 Å². The molecule has 0 spiro atoms. The van der Waals surface area contributed by atoms with Crippen molar-refractivity contribution in [3.05, 3.63) is 90.6 Å². The topological polar surface area (TPSA) is 161 Å². The van der Waals surface area contributed by atoms with E-state index in [4.69, 9.17) is 18.9 Å². The molecule has 6 rings (SSSR count). The number of morpholine rings is 1. The molecule has 0 unspecified atom stereocenters. The highest BCUT2D eigenvalue weighted by atomic mass is 32.2. The Morgan fingerprint density at radius 1 is 0.898 bits per heavy atom. The van der Waals surface area contributed by atoms with Crippen LogP contribution in [0.15, 0.2) is 90.0 Å². The predicted octanol–water partition coefficient (Wildman–Crippen LogP) is 7.93. The minimum atomic E-state index is -3.84. The number of urea groups is 1. The Labute approximate surface area is 346 Å². The largest absolute Gasteiger partial charge is 0.497 e. The van der Waals surface area contributed by atoms with Crippen LogP contribution in [0.25, 0.3) is 10.8 Å². The number of sulfonamides is 1. The predicted molar refractivity (Wildman–Crippen MR) is 235 cm³/mol. The highest BCUT2D eigenvalue weighted by molar-refractivity contribution is 7.89. The van der Waals surface area contributed by atoms with Crippen LogP contribution in [-0.4, -0.2) is 103 Å². The highest BCUT2D eigenvalue weighted by Gasteiger charge is 2.27. The standard InChI is InChI=1S/C43H53N6O8PS/c1-43(2,3)29-23-37(41(55-6)39(24-29)58(7,8)51)47-42(50)46-36-13-14-38(35-12-10-9-11-34(35)36)57-31-15-16-44-40(28-31)45-30-25-32(54-5)27-33(26-30)59(52,53)48(4)17-18-49-19-21-56-22-20-49/h9-16,23-28H,17-22H2,1-8H3,(H,44,45)(H2,46,47,50). The van der Waals surface area contributed by atoms with Gasteiger partial charge in [-0.3, -0.25) is 4.90 Å². The summed E-state index contributed by atoms with van der Waals surface area (Å²) < 4.78 is 64.9. The van der Waals surface area contributed by atoms with E-state index in [2.05, 4.69) is 46.6 Å². The maximum absolute atomic E-state index is 13.6. The smallest absolute Gasteiger partial charge is 0.323 e. The molecule has 0 aliphatic carbocycles. The van der Waals surface area contributed by atoms with Crippen molar-refractivity contribution in [1.82, 2.24) is 14.2 Å². The number of aromatic nitrogens is 1. The van der Waals surface area contributed by atoms with Crippen LogP contribution < -0.4 is 35.5 Å². The van der Waals surface area contributed by atoms with Crippen LogP contribution in [0.1, 0.15) is 26.3 Å². The number of pyridine rings is 1. The highest BCUT2D eigenvalue weighted by Crippen LogP contribution is 2.44. The van der Waals surface area contributed by atoms with Gasteiger partial charge in [-0.25, -0.2) is 18.2 Å². The number of rotatable bonds is 14. The summed E-state index contributed by atoms with van der Waals surface area (Å²) in [7, 11) is -2.05. The zero-order chi connectivity index (χ0) is 42.5. The zero-order valence-electron chi connectivity index (χ0n) is 34.8. The molecule has 1 aliphatic heterocycles. The fourth-order valence-corrected chi connectivity index (χ4v) is 9.01. The molecule has 4 aromatic carbocycles. The van der Waals surface area contributed by atoms with Gasteiger partial charge in [0.15, 0.2) is 5.75 Å². The first-order valence-electron chi connectivity index (χ1n) is 19.2. The lowest BCUT2D eigenvalue weighted by Gasteiger charge is -2.28. The second-order valence-corrected chi connectivity index (χ2v) is 20.9. The SMILES string of the molecule is COc1cc(Nc2cc(Oc3ccc(NC(=O)Nc4cc(C(C)(C)C)cc(P(C)(C)=O)c4OC)c4ccccc34)ccn2)cc(S(=O)(=O)N(C)CCN2CCOCC2)c1. The minimum absolute atomic E-state index is 0.0835. The molecule has 0 bridgehead atoms. The van der Waals surface area contributed by atoms with Crippen molar-refractivity contribution in [3.8, 4) is 23.0 Å². The van der Waals surface area contributed by atoms with E-state index in [1.807, 2.05) is 36.4 Å². The third kappa shape index (κ3) is 10.5. The average molecular weight is 845 g/mol. The van der Waals surface area contributed by atoms with Crippen molar-refractivity contribution < 1.29 is 36.7 Å². The number of anilines is 4. The molecule has 16 heteroatoms. The molecular weight excluding hydrogens is 792 g/mol. The number of carbonyl (C=O) groups is 1. The van der Waals surface area contributed by atoms with E-state index in [9.17, 15) is 17.8 Å². The molecule has 1 aliphatic rings. The van der Waals surface area contributed by atoms with E-state index in [0.29, 0.717) is 77.5 Å². The Morgan fingerprint density at radius 2 is 1.61 bits per heavy atom. The maximum Gasteiger partial charge on any atom is 0.323 e. The number of methoxy groups -OCH3 is 2. The van der Waals surface area contributed by atoms with Gasteiger partial charge in [-0.1, -0.05) is 45.0 Å². The van der Waals surface area contributed by atoms with Crippen LogP contribution in [0, 0.1) is 0 Å². The number of amides is 2. The van der Waals surface area contributed by atoms with Crippen LogP contribution in [-0.2, 0) is 24.7 Å². The first-order chi connectivity index (χ1) is 28.0. The number of nitrogens with one attached hydrogen (secondary N) is 3. The maximum atomic E-state index is 13.6. The van der Waals surface area contributed by atoms with E-state index >= 15 is 0 Å². The molecule has 14 nitrogen and oxygen atoms in total. The molecule has 0 atom stereocenters. The lowest BCUT2D eigenvalue weighted by molar-refractivity contribution is 0.0368. The Kier molecular flexibility index (Phi) is 13.2. The molecule has 0 saturated carbocycles. The average Bonchev–Trinajstić information content (AvgIpc) is 3.20. The van der Waals surface area contributed by atoms with Crippen LogP contribution >= 0.6 is 7.14 Å². The van der Waals surface area contributed by atoms with E-state index in [1.54, 1.807) is 63.0 Å². The number of fused-ring (bicyclic) bond motifs is 1. The summed E-state index contributed by atoms with van der Waals surface area (Å²) >= 11 is 0. The van der Waals surface area contributed by atoms with Crippen molar-refractivity contribution in [2.75, 3.05) is 89.9 Å². The van der Waals surface area contributed by atoms with Crippen molar-refractivity contribution in [1.29, 1.82) is 0 Å². The third-order valence-electron chi connectivity index (χ3n) is 9.99. The second kappa shape index (κ2) is 18.0. The summed E-state index contributed by atoms with van der Waals surface area (Å²) in [5.41, 5.74) is 2.06. The van der Waals surface area contributed by atoms with Crippen LogP contribution in [0.4, 0.5) is 27.7 Å². The van der Waals surface area contributed by atoms with Gasteiger partial charge in [0.05, 0.1) is 49.0 Å². The van der Waals surface area contributed by atoms with Crippen molar-refractivity contribution in [3.63, 3.8) is 0 Å². The molecule has 2 amide bonds. The number of nitrogens with zero attached hydrogens (tertiary/aromatic N) is 3. The first-order valence-corrected chi connectivity index (χ1v) is 23.2. The Bertz CT molecular complexity index is 2480. The van der Waals surface area contributed by atoms with Gasteiger partial charge >= 0.3 is 6.03 Å². The number of hydrogen-bond donors (Lipinski definition) is 3. The minimum Gasteiger partial charge on any atom is -0.497 e. The normalized spacial score (nSPS) is 13.9. The molecule has 3 N–H and O–H groups in total. The summed E-state index contributed by atoms with van der Waals surface area (Å²) in [5.74, 6) is 2.14. The molecule has 1 fully saturated rings. The number of ether oxygens (including phenoxy) is 4. The van der Waals surface area contributed by atoms with Gasteiger partial charge in [0.2, 0.25) is 10.0 Å². The third-order valence-corrected chi connectivity index (χ3v) is 13.3. The van der Waals surface area contributed by atoms with E-state index in [-0.39, 0.29) is 10.3 Å². The Hall–Kier alpha value is -5.18. The number of hydrogen-bond acceptors (Lipinski definition) is 11. The molecule has 0 radical (unpaired) electrons. The lowest BCUT2D eigenvalue weighted by Crippen LogP contribution is -2.41. The van der Waals surface area contributed by atoms with Gasteiger partial charge in [-0.15, -0.1) is 0 Å². The zero-order valence-corrected chi connectivity index (χ0v) is 36.5. The van der Waals surface area contributed by atoms with Crippen molar-refractivity contribution in [2.24, 2.45) is 0 Å². The second-order valence-electron chi connectivity index (χ2n) is 15.7. The molecule has 2 heterocycles. The van der Waals surface area contributed by atoms with Crippen LogP contribution in [0.2, 0.25) is 0 Å². The summed E-state index contributed by atoms with van der Waals surface area (Å²) in [5, 5.41) is 11.1. The lowest BCUT2D eigenvalue weighted by atomic mass is 9.86. The van der Waals surface area contributed by atoms with Gasteiger partial charge in [0.25, 0.3) is 0 Å². The summed E-state index contributed by atoms with van der Waals surface area (Å²) in [6, 6.07) is 22.5. The van der Waals surface area contributed by atoms with Crippen LogP contribution in [0.5, 0.6) is 23.0 Å². The number of carbonyl (C=O) groups excluding carboxylic acids is 1. The molecule has 1 aromatic heterocycles. The van der Waals surface area contributed by atoms with E-state index in [0.717, 1.165) is 29.4 Å². The fourth-order valence-electron chi connectivity index (χ4n) is 6.63. The Balaban J connectivity index is 1.20. The molecule has 59 heavy (non-hydrogen) atoms. The van der Waals surface area contributed by atoms with E-state index < -0.39 is 23.2 Å². The monoisotopic (exact) mass is 844 g/mol. The molecule has 314 valence electrons. The van der Waals surface area contributed by atoms with Crippen LogP contribution in [0.3, 0.4) is 0 Å². The molecular formula is C43H53N6O8PS. The molecule has 5 aromatic rings. The quantitative estimate of drug-likeness (QED) is 0.0932. The van der Waals surface area contributed by atoms with Gasteiger partial charge < -0.3 is 39.5 Å². The molecule has 1 saturated heterocycles. The van der Waals surface area contributed by atoms with Gasteiger partial charge in [-0.05, 0) is 60.7 Å². The summed E-state index contributed by atoms with van der Waals surface area (Å²) in [6.45, 7) is 13.3. The first kappa shape index (κ1) is 43.4. The summed E-state index contributed by atoms with van der Waals surface area (Å²) in [4.78, 5) is 20.3. The van der Waals surface area contributed by atoms with Crippen molar-refractivity contribution >= 4 is 62.2 Å². The van der Waals surface area contributed by atoms with Crippen molar-refractivity contribution in [2.45, 2.75) is 31.1 Å². The Morgan fingerprint density at radius 3 is 2.29 bits per heavy atom. The fraction of sp³-hybridized carbons (Fsp3) is 0.349. The van der Waals surface area contributed by atoms with Gasteiger partial charge in [0.1, 0.15) is 30.2 Å². The number of benzene rings is 4. The van der Waals surface area contributed by atoms with Gasteiger partial charge in [-0.2, -0.15) is 4.31 Å². The summed E-state index contributed by atoms with van der Waals surface area (Å²) in [6.07, 6.45) is 1.58. The van der Waals surface area contributed by atoms with Gasteiger partial charge in [0, 0.05) is 74.1 Å². The number of likely N-dealkylation sites (N-methyl/N-ethyl adjacent to an activating group) is 1.